The third-order valence-electron chi connectivity index (χ3n) is 7.31. The van der Waals surface area contributed by atoms with Crippen molar-refractivity contribution in [3.63, 3.8) is 0 Å². The molecule has 1 unspecified atom stereocenters. The van der Waals surface area contributed by atoms with E-state index in [2.05, 4.69) is 21.7 Å². The molecule has 0 saturated carbocycles. The summed E-state index contributed by atoms with van der Waals surface area (Å²) in [5, 5.41) is 11.4. The van der Waals surface area contributed by atoms with Gasteiger partial charge in [-0.25, -0.2) is 0 Å². The van der Waals surface area contributed by atoms with Crippen LogP contribution in [0, 0.1) is 0 Å². The van der Waals surface area contributed by atoms with Gasteiger partial charge in [0.05, 0.1) is 13.2 Å². The second-order valence-electron chi connectivity index (χ2n) is 9.05. The van der Waals surface area contributed by atoms with Gasteiger partial charge in [0.1, 0.15) is 5.75 Å². The summed E-state index contributed by atoms with van der Waals surface area (Å²) in [6.45, 7) is 3.08. The zero-order valence-electron chi connectivity index (χ0n) is 18.6. The summed E-state index contributed by atoms with van der Waals surface area (Å²) < 4.78 is 7.96. The predicted molar refractivity (Wildman–Crippen MR) is 125 cm³/mol. The SMILES string of the molecule is COc1ccc2c(c1CCN1CCC(n3ccc4ccc(C(N)=O)cc43)CC1)CCC2O. The molecule has 6 heteroatoms. The molecule has 1 aliphatic heterocycles. The smallest absolute Gasteiger partial charge is 0.248 e. The summed E-state index contributed by atoms with van der Waals surface area (Å²) >= 11 is 0. The Labute approximate surface area is 188 Å². The number of methoxy groups -OCH3 is 1. The highest BCUT2D eigenvalue weighted by Crippen LogP contribution is 2.38. The van der Waals surface area contributed by atoms with Crippen LogP contribution in [-0.2, 0) is 12.8 Å². The molecule has 0 bridgehead atoms. The fourth-order valence-electron chi connectivity index (χ4n) is 5.51. The number of hydrogen-bond donors (Lipinski definition) is 2. The summed E-state index contributed by atoms with van der Waals surface area (Å²) in [6, 6.07) is 12.3. The van der Waals surface area contributed by atoms with Gasteiger partial charge < -0.3 is 25.0 Å². The third kappa shape index (κ3) is 3.78. The number of aliphatic hydroxyl groups is 1. The predicted octanol–water partition coefficient (Wildman–Crippen LogP) is 3.61. The van der Waals surface area contributed by atoms with Crippen molar-refractivity contribution in [2.75, 3.05) is 26.7 Å². The maximum Gasteiger partial charge on any atom is 0.248 e. The second kappa shape index (κ2) is 8.60. The number of nitrogens with zero attached hydrogens (tertiary/aromatic N) is 2. The zero-order chi connectivity index (χ0) is 22.2. The van der Waals surface area contributed by atoms with Gasteiger partial charge in [-0.2, -0.15) is 0 Å². The first kappa shape index (κ1) is 21.0. The average molecular weight is 434 g/mol. The monoisotopic (exact) mass is 433 g/mol. The molecule has 1 atom stereocenters. The lowest BCUT2D eigenvalue weighted by molar-refractivity contribution is 0.100. The molecule has 1 aliphatic carbocycles. The summed E-state index contributed by atoms with van der Waals surface area (Å²) in [5.41, 5.74) is 10.8. The van der Waals surface area contributed by atoms with E-state index < -0.39 is 0 Å². The van der Waals surface area contributed by atoms with Gasteiger partial charge in [0.25, 0.3) is 0 Å². The van der Waals surface area contributed by atoms with Gasteiger partial charge in [0.2, 0.25) is 5.91 Å². The number of aromatic nitrogens is 1. The lowest BCUT2D eigenvalue weighted by atomic mass is 9.98. The number of ether oxygens (including phenoxy) is 1. The minimum Gasteiger partial charge on any atom is -0.496 e. The molecule has 2 aliphatic rings. The molecule has 0 spiro atoms. The first-order valence-corrected chi connectivity index (χ1v) is 11.5. The van der Waals surface area contributed by atoms with Gasteiger partial charge in [0, 0.05) is 43.0 Å². The van der Waals surface area contributed by atoms with E-state index in [-0.39, 0.29) is 12.0 Å². The van der Waals surface area contributed by atoms with E-state index in [1.54, 1.807) is 13.2 Å². The second-order valence-corrected chi connectivity index (χ2v) is 9.05. The molecule has 1 fully saturated rings. The molecular formula is C26H31N3O3. The molecule has 1 aromatic heterocycles. The highest BCUT2D eigenvalue weighted by atomic mass is 16.5. The van der Waals surface area contributed by atoms with Gasteiger partial charge in [0.15, 0.2) is 0 Å². The number of piperidine rings is 1. The van der Waals surface area contributed by atoms with Crippen molar-refractivity contribution in [1.82, 2.24) is 9.47 Å². The van der Waals surface area contributed by atoms with Crippen LogP contribution in [0.15, 0.2) is 42.6 Å². The fraction of sp³-hybridized carbons (Fsp3) is 0.423. The van der Waals surface area contributed by atoms with Crippen molar-refractivity contribution in [3.8, 4) is 5.75 Å². The van der Waals surface area contributed by atoms with Crippen molar-refractivity contribution in [3.05, 3.63) is 64.8 Å². The topological polar surface area (TPSA) is 80.7 Å². The quantitative estimate of drug-likeness (QED) is 0.622. The molecule has 1 saturated heterocycles. The van der Waals surface area contributed by atoms with Crippen LogP contribution in [0.3, 0.4) is 0 Å². The van der Waals surface area contributed by atoms with Gasteiger partial charge in [-0.05, 0) is 78.4 Å². The molecule has 2 aromatic carbocycles. The normalized spacial score (nSPS) is 19.4. The van der Waals surface area contributed by atoms with Gasteiger partial charge in [-0.3, -0.25) is 4.79 Å². The van der Waals surface area contributed by atoms with Crippen LogP contribution in [-0.4, -0.2) is 47.2 Å². The molecule has 1 amide bonds. The molecule has 3 aromatic rings. The van der Waals surface area contributed by atoms with Gasteiger partial charge >= 0.3 is 0 Å². The number of amides is 1. The lowest BCUT2D eigenvalue weighted by Gasteiger charge is -2.33. The Hall–Kier alpha value is -2.83. The summed E-state index contributed by atoms with van der Waals surface area (Å²) in [4.78, 5) is 14.1. The van der Waals surface area contributed by atoms with E-state index in [0.29, 0.717) is 11.6 Å². The van der Waals surface area contributed by atoms with E-state index in [1.807, 2.05) is 24.3 Å². The highest BCUT2D eigenvalue weighted by molar-refractivity contribution is 5.97. The highest BCUT2D eigenvalue weighted by Gasteiger charge is 2.26. The van der Waals surface area contributed by atoms with Crippen LogP contribution in [0.25, 0.3) is 10.9 Å². The molecule has 32 heavy (non-hydrogen) atoms. The van der Waals surface area contributed by atoms with E-state index in [0.717, 1.165) is 74.0 Å². The molecule has 6 nitrogen and oxygen atoms in total. The number of fused-ring (bicyclic) bond motifs is 2. The minimum atomic E-state index is -0.384. The summed E-state index contributed by atoms with van der Waals surface area (Å²) in [6.07, 6.45) is 6.64. The lowest BCUT2D eigenvalue weighted by Crippen LogP contribution is -2.36. The number of likely N-dealkylation sites (tertiary alicyclic amines) is 1. The van der Waals surface area contributed by atoms with Crippen LogP contribution in [0.5, 0.6) is 5.75 Å². The third-order valence-corrected chi connectivity index (χ3v) is 7.31. The number of aliphatic hydroxyl groups excluding tert-OH is 1. The maximum atomic E-state index is 11.6. The Morgan fingerprint density at radius 2 is 1.97 bits per heavy atom. The number of carbonyl (C=O) groups is 1. The number of rotatable bonds is 6. The van der Waals surface area contributed by atoms with Crippen LogP contribution < -0.4 is 10.5 Å². The van der Waals surface area contributed by atoms with E-state index in [4.69, 9.17) is 10.5 Å². The van der Waals surface area contributed by atoms with Crippen LogP contribution in [0.1, 0.15) is 58.5 Å². The van der Waals surface area contributed by atoms with Crippen LogP contribution in [0.2, 0.25) is 0 Å². The summed E-state index contributed by atoms with van der Waals surface area (Å²) in [7, 11) is 1.73. The molecule has 168 valence electrons. The number of hydrogen-bond acceptors (Lipinski definition) is 4. The van der Waals surface area contributed by atoms with Gasteiger partial charge in [-0.15, -0.1) is 0 Å². The Morgan fingerprint density at radius 1 is 1.16 bits per heavy atom. The number of primary amides is 1. The Bertz CT molecular complexity index is 1140. The Balaban J connectivity index is 1.25. The number of nitrogens with two attached hydrogens (primary N) is 1. The van der Waals surface area contributed by atoms with E-state index in [1.165, 1.54) is 11.1 Å². The standard InChI is InChI=1S/C26H31N3O3/c1-32-25-7-5-21-20(4-6-24(21)30)22(25)11-14-28-12-9-19(10-13-28)29-15-8-17-2-3-18(26(27)31)16-23(17)29/h2-3,5,7-8,15-16,19,24,30H,4,6,9-14H2,1H3,(H2,27,31). The molecule has 0 radical (unpaired) electrons. The Morgan fingerprint density at radius 3 is 2.72 bits per heavy atom. The minimum absolute atomic E-state index is 0.336. The van der Waals surface area contributed by atoms with Crippen molar-refractivity contribution in [1.29, 1.82) is 0 Å². The first-order chi connectivity index (χ1) is 15.5. The number of carbonyl (C=O) groups excluding carboxylic acids is 1. The largest absolute Gasteiger partial charge is 0.496 e. The molecule has 2 heterocycles. The fourth-order valence-corrected chi connectivity index (χ4v) is 5.51. The first-order valence-electron chi connectivity index (χ1n) is 11.5. The number of benzene rings is 2. The van der Waals surface area contributed by atoms with Crippen LogP contribution >= 0.6 is 0 Å². The van der Waals surface area contributed by atoms with Crippen molar-refractivity contribution in [2.24, 2.45) is 5.73 Å². The van der Waals surface area contributed by atoms with Crippen LogP contribution in [0.4, 0.5) is 0 Å². The van der Waals surface area contributed by atoms with E-state index in [9.17, 15) is 9.90 Å². The molecule has 5 rings (SSSR count). The molecule has 3 N–H and O–H groups in total. The zero-order valence-corrected chi connectivity index (χ0v) is 18.6. The van der Waals surface area contributed by atoms with Crippen molar-refractivity contribution in [2.45, 2.75) is 44.2 Å². The maximum absolute atomic E-state index is 11.6. The van der Waals surface area contributed by atoms with Gasteiger partial charge in [-0.1, -0.05) is 12.1 Å². The van der Waals surface area contributed by atoms with Crippen molar-refractivity contribution < 1.29 is 14.6 Å². The average Bonchev–Trinajstić information content (AvgIpc) is 3.41. The molecular weight excluding hydrogens is 402 g/mol. The van der Waals surface area contributed by atoms with Crippen molar-refractivity contribution >= 4 is 16.8 Å². The van der Waals surface area contributed by atoms with E-state index >= 15 is 0 Å². The Kier molecular flexibility index (Phi) is 5.66. The summed E-state index contributed by atoms with van der Waals surface area (Å²) in [5.74, 6) is 0.557.